The number of hydrogen-bond donors (Lipinski definition) is 1. The maximum absolute atomic E-state index is 14.0. The van der Waals surface area contributed by atoms with Crippen LogP contribution in [0.15, 0.2) is 36.4 Å². The number of benzene rings is 2. The lowest BCUT2D eigenvalue weighted by Gasteiger charge is -2.26. The second-order valence-corrected chi connectivity index (χ2v) is 5.71. The van der Waals surface area contributed by atoms with Crippen molar-refractivity contribution in [2.24, 2.45) is 0 Å². The van der Waals surface area contributed by atoms with E-state index >= 15 is 0 Å². The summed E-state index contributed by atoms with van der Waals surface area (Å²) in [6.45, 7) is 1.37. The van der Waals surface area contributed by atoms with Crippen molar-refractivity contribution >= 4 is 11.5 Å². The van der Waals surface area contributed by atoms with Crippen LogP contribution < -0.4 is 5.32 Å². The molecule has 0 saturated heterocycles. The number of carbonyl (C=O) groups excluding carboxylic acids is 1. The summed E-state index contributed by atoms with van der Waals surface area (Å²) in [7, 11) is 3.38. The largest absolute Gasteiger partial charge is 0.382 e. The van der Waals surface area contributed by atoms with Crippen molar-refractivity contribution in [2.75, 3.05) is 26.0 Å². The third-order valence-corrected chi connectivity index (χ3v) is 3.81. The highest BCUT2D eigenvalue weighted by atomic mass is 19.1. The smallest absolute Gasteiger partial charge is 0.164 e. The molecule has 0 aliphatic carbocycles. The molecule has 0 amide bonds. The Morgan fingerprint density at radius 2 is 1.58 bits per heavy atom. The molecule has 2 aromatic carbocycles. The van der Waals surface area contributed by atoms with Gasteiger partial charge in [0.1, 0.15) is 17.5 Å². The summed E-state index contributed by atoms with van der Waals surface area (Å²) in [5.41, 5.74) is 0.158. The quantitative estimate of drug-likeness (QED) is 0.809. The molecular weight excluding hydrogens is 317 g/mol. The van der Waals surface area contributed by atoms with Crippen LogP contribution in [0.3, 0.4) is 0 Å². The monoisotopic (exact) mass is 336 g/mol. The fourth-order valence-corrected chi connectivity index (χ4v) is 2.61. The van der Waals surface area contributed by atoms with E-state index in [0.717, 1.165) is 0 Å². The Balaban J connectivity index is 2.32. The topological polar surface area (TPSA) is 32.3 Å². The summed E-state index contributed by atoms with van der Waals surface area (Å²) in [5.74, 6) is -2.36. The highest BCUT2D eigenvalue weighted by Crippen LogP contribution is 2.26. The first-order chi connectivity index (χ1) is 11.3. The number of hydrogen-bond acceptors (Lipinski definition) is 3. The fourth-order valence-electron chi connectivity index (χ4n) is 2.61. The summed E-state index contributed by atoms with van der Waals surface area (Å²) in [4.78, 5) is 13.3. The van der Waals surface area contributed by atoms with Gasteiger partial charge in [-0.3, -0.25) is 4.79 Å². The van der Waals surface area contributed by atoms with Gasteiger partial charge in [0.25, 0.3) is 0 Å². The van der Waals surface area contributed by atoms with Gasteiger partial charge in [-0.1, -0.05) is 12.1 Å². The molecule has 1 N–H and O–H groups in total. The number of halogens is 3. The van der Waals surface area contributed by atoms with Gasteiger partial charge >= 0.3 is 0 Å². The van der Waals surface area contributed by atoms with E-state index in [1.807, 2.05) is 0 Å². The van der Waals surface area contributed by atoms with Gasteiger partial charge < -0.3 is 10.2 Å². The third kappa shape index (κ3) is 3.76. The maximum Gasteiger partial charge on any atom is 0.164 e. The molecule has 24 heavy (non-hydrogen) atoms. The minimum atomic E-state index is -0.651. The van der Waals surface area contributed by atoms with Gasteiger partial charge in [-0.25, -0.2) is 13.2 Å². The van der Waals surface area contributed by atoms with Crippen LogP contribution in [0.4, 0.5) is 18.9 Å². The zero-order chi connectivity index (χ0) is 17.9. The number of Topliss-reactive ketones (excluding diaryl/α,β-unsaturated/α-hetero) is 1. The summed E-state index contributed by atoms with van der Waals surface area (Å²) in [6, 6.07) is 7.28. The normalized spacial score (nSPS) is 12.3. The van der Waals surface area contributed by atoms with E-state index in [1.165, 1.54) is 37.3 Å². The van der Waals surface area contributed by atoms with Crippen molar-refractivity contribution in [3.8, 4) is 0 Å². The number of likely N-dealkylation sites (N-methyl/N-ethyl adjacent to an activating group) is 1. The van der Waals surface area contributed by atoms with Crippen LogP contribution in [0.1, 0.15) is 28.9 Å². The van der Waals surface area contributed by atoms with Crippen LogP contribution in [-0.2, 0) is 0 Å². The van der Waals surface area contributed by atoms with Crippen molar-refractivity contribution in [1.82, 2.24) is 4.90 Å². The molecule has 0 fully saturated rings. The van der Waals surface area contributed by atoms with Crippen LogP contribution in [0.2, 0.25) is 0 Å². The molecule has 0 aromatic heterocycles. The minimum Gasteiger partial charge on any atom is -0.382 e. The second kappa shape index (κ2) is 7.49. The molecule has 0 spiro atoms. The van der Waals surface area contributed by atoms with Crippen molar-refractivity contribution in [2.45, 2.75) is 13.0 Å². The molecule has 1 atom stereocenters. The molecule has 6 heteroatoms. The van der Waals surface area contributed by atoms with Crippen molar-refractivity contribution in [3.05, 3.63) is 65.0 Å². The number of anilines is 1. The first kappa shape index (κ1) is 18.0. The Bertz CT molecular complexity index is 727. The second-order valence-electron chi connectivity index (χ2n) is 5.71. The van der Waals surface area contributed by atoms with E-state index < -0.39 is 29.3 Å². The zero-order valence-electron chi connectivity index (χ0n) is 13.7. The predicted molar refractivity (Wildman–Crippen MR) is 87.7 cm³/mol. The molecule has 0 saturated carbocycles. The van der Waals surface area contributed by atoms with Gasteiger partial charge in [-0.2, -0.15) is 0 Å². The van der Waals surface area contributed by atoms with Crippen molar-refractivity contribution in [3.63, 3.8) is 0 Å². The van der Waals surface area contributed by atoms with E-state index in [-0.39, 0.29) is 17.7 Å². The van der Waals surface area contributed by atoms with Crippen molar-refractivity contribution in [1.29, 1.82) is 0 Å². The van der Waals surface area contributed by atoms with Crippen LogP contribution in [-0.4, -0.2) is 31.3 Å². The van der Waals surface area contributed by atoms with E-state index in [1.54, 1.807) is 25.1 Å². The van der Waals surface area contributed by atoms with E-state index in [0.29, 0.717) is 5.69 Å². The molecule has 0 aliphatic rings. The molecule has 2 rings (SSSR count). The van der Waals surface area contributed by atoms with Gasteiger partial charge in [0.05, 0.1) is 11.6 Å². The number of carbonyl (C=O) groups is 1. The predicted octanol–water partition coefficient (Wildman–Crippen LogP) is 4.02. The Hall–Kier alpha value is -2.34. The molecule has 0 radical (unpaired) electrons. The van der Waals surface area contributed by atoms with E-state index in [2.05, 4.69) is 5.32 Å². The molecule has 3 nitrogen and oxygen atoms in total. The number of nitrogens with one attached hydrogen (secondary N) is 1. The average Bonchev–Trinajstić information content (AvgIpc) is 2.49. The summed E-state index contributed by atoms with van der Waals surface area (Å²) >= 11 is 0. The zero-order valence-corrected chi connectivity index (χ0v) is 13.7. The SMILES string of the molecule is CC(=O)c1c(F)cccc1NCC(c1c(F)cccc1F)N(C)C. The van der Waals surface area contributed by atoms with E-state index in [4.69, 9.17) is 0 Å². The summed E-state index contributed by atoms with van der Waals surface area (Å²) in [5, 5.41) is 2.93. The van der Waals surface area contributed by atoms with Gasteiger partial charge in [0, 0.05) is 17.8 Å². The molecule has 0 heterocycles. The Kier molecular flexibility index (Phi) is 5.62. The van der Waals surface area contributed by atoms with Gasteiger partial charge in [-0.05, 0) is 45.3 Å². The first-order valence-corrected chi connectivity index (χ1v) is 7.46. The number of nitrogens with zero attached hydrogens (tertiary/aromatic N) is 1. The lowest BCUT2D eigenvalue weighted by molar-refractivity contribution is 0.101. The Labute approximate surface area is 139 Å². The van der Waals surface area contributed by atoms with Crippen molar-refractivity contribution < 1.29 is 18.0 Å². The fraction of sp³-hybridized carbons (Fsp3) is 0.278. The highest BCUT2D eigenvalue weighted by Gasteiger charge is 2.23. The van der Waals surface area contributed by atoms with Crippen LogP contribution >= 0.6 is 0 Å². The Morgan fingerprint density at radius 1 is 1.04 bits per heavy atom. The molecule has 0 bridgehead atoms. The number of ketones is 1. The third-order valence-electron chi connectivity index (χ3n) is 3.81. The van der Waals surface area contributed by atoms with Gasteiger partial charge in [0.15, 0.2) is 5.78 Å². The summed E-state index contributed by atoms with van der Waals surface area (Å²) in [6.07, 6.45) is 0. The average molecular weight is 336 g/mol. The molecule has 0 aliphatic heterocycles. The molecule has 1 unspecified atom stereocenters. The minimum absolute atomic E-state index is 0.0657. The Morgan fingerprint density at radius 3 is 2.12 bits per heavy atom. The lowest BCUT2D eigenvalue weighted by atomic mass is 10.0. The molecular formula is C18H19F3N2O. The molecule has 2 aromatic rings. The number of rotatable bonds is 6. The standard InChI is InChI=1S/C18H19F3N2O/c1-11(24)17-12(19)8-5-9-15(17)22-10-16(23(2)3)18-13(20)6-4-7-14(18)21/h4-9,16,22H,10H2,1-3H3. The van der Waals surface area contributed by atoms with E-state index in [9.17, 15) is 18.0 Å². The van der Waals surface area contributed by atoms with Gasteiger partial charge in [-0.15, -0.1) is 0 Å². The first-order valence-electron chi connectivity index (χ1n) is 7.46. The van der Waals surface area contributed by atoms with Gasteiger partial charge in [0.2, 0.25) is 0 Å². The lowest BCUT2D eigenvalue weighted by Crippen LogP contribution is -2.29. The molecule has 128 valence electrons. The van der Waals surface area contributed by atoms with Crippen LogP contribution in [0, 0.1) is 17.5 Å². The summed E-state index contributed by atoms with van der Waals surface area (Å²) < 4.78 is 41.9. The van der Waals surface area contributed by atoms with Crippen LogP contribution in [0.25, 0.3) is 0 Å². The maximum atomic E-state index is 14.0. The highest BCUT2D eigenvalue weighted by molar-refractivity contribution is 5.99. The van der Waals surface area contributed by atoms with Crippen LogP contribution in [0.5, 0.6) is 0 Å².